The SMILES string of the molecule is NC(=S)N1CCCN1. The van der Waals surface area contributed by atoms with E-state index in [1.807, 2.05) is 0 Å². The van der Waals surface area contributed by atoms with E-state index < -0.39 is 0 Å². The van der Waals surface area contributed by atoms with Gasteiger partial charge in [-0.15, -0.1) is 0 Å². The average molecular weight is 131 g/mol. The van der Waals surface area contributed by atoms with Crippen molar-refractivity contribution >= 4 is 17.3 Å². The van der Waals surface area contributed by atoms with Crippen molar-refractivity contribution in [3.63, 3.8) is 0 Å². The topological polar surface area (TPSA) is 41.3 Å². The van der Waals surface area contributed by atoms with E-state index in [0.717, 1.165) is 19.5 Å². The zero-order valence-electron chi connectivity index (χ0n) is 4.55. The Hall–Kier alpha value is -0.350. The molecule has 3 nitrogen and oxygen atoms in total. The Labute approximate surface area is 53.8 Å². The lowest BCUT2D eigenvalue weighted by Gasteiger charge is -2.13. The first kappa shape index (κ1) is 5.78. The molecular weight excluding hydrogens is 122 g/mol. The van der Waals surface area contributed by atoms with Gasteiger partial charge in [0.25, 0.3) is 0 Å². The molecule has 0 saturated carbocycles. The third kappa shape index (κ3) is 1.08. The van der Waals surface area contributed by atoms with Gasteiger partial charge in [-0.25, -0.2) is 5.43 Å². The molecule has 0 bridgehead atoms. The van der Waals surface area contributed by atoms with Crippen LogP contribution >= 0.6 is 12.2 Å². The highest BCUT2D eigenvalue weighted by atomic mass is 32.1. The van der Waals surface area contributed by atoms with E-state index in [2.05, 4.69) is 5.43 Å². The molecule has 1 rings (SSSR count). The molecule has 1 saturated heterocycles. The Kier molecular flexibility index (Phi) is 1.65. The maximum atomic E-state index is 5.29. The van der Waals surface area contributed by atoms with Gasteiger partial charge in [0.05, 0.1) is 0 Å². The van der Waals surface area contributed by atoms with Gasteiger partial charge in [0.15, 0.2) is 5.11 Å². The van der Waals surface area contributed by atoms with Gasteiger partial charge in [0.2, 0.25) is 0 Å². The van der Waals surface area contributed by atoms with Crippen LogP contribution in [0.4, 0.5) is 0 Å². The molecular formula is C4H9N3S. The molecule has 1 aliphatic heterocycles. The molecule has 0 spiro atoms. The van der Waals surface area contributed by atoms with Crippen LogP contribution in [0.5, 0.6) is 0 Å². The fraction of sp³-hybridized carbons (Fsp3) is 0.750. The maximum Gasteiger partial charge on any atom is 0.180 e. The number of nitrogens with zero attached hydrogens (tertiary/aromatic N) is 1. The molecule has 0 atom stereocenters. The number of hydrogen-bond donors (Lipinski definition) is 2. The summed E-state index contributed by atoms with van der Waals surface area (Å²) in [4.78, 5) is 0. The lowest BCUT2D eigenvalue weighted by molar-refractivity contribution is 0.407. The largest absolute Gasteiger partial charge is 0.375 e. The van der Waals surface area contributed by atoms with Crippen LogP contribution in [0.15, 0.2) is 0 Å². The summed E-state index contributed by atoms with van der Waals surface area (Å²) in [7, 11) is 0. The van der Waals surface area contributed by atoms with Crippen LogP contribution < -0.4 is 11.2 Å². The summed E-state index contributed by atoms with van der Waals surface area (Å²) < 4.78 is 0. The second kappa shape index (κ2) is 2.28. The van der Waals surface area contributed by atoms with Crippen LogP contribution in [0.2, 0.25) is 0 Å². The summed E-state index contributed by atoms with van der Waals surface area (Å²) in [5.74, 6) is 0. The molecule has 0 aliphatic carbocycles. The normalized spacial score (nSPS) is 19.2. The number of thiocarbonyl (C=S) groups is 1. The minimum Gasteiger partial charge on any atom is -0.375 e. The second-order valence-electron chi connectivity index (χ2n) is 1.75. The Morgan fingerprint density at radius 1 is 1.75 bits per heavy atom. The molecule has 0 amide bonds. The van der Waals surface area contributed by atoms with Crippen molar-refractivity contribution in [1.82, 2.24) is 10.4 Å². The smallest absolute Gasteiger partial charge is 0.180 e. The Balaban J connectivity index is 2.35. The van der Waals surface area contributed by atoms with Crippen molar-refractivity contribution < 1.29 is 0 Å². The standard InChI is InChI=1S/C4H9N3S/c5-4(8)7-3-1-2-6-7/h6H,1-3H2,(H2,5,8). The van der Waals surface area contributed by atoms with Crippen molar-refractivity contribution in [3.8, 4) is 0 Å². The number of hydrazine groups is 1. The first-order chi connectivity index (χ1) is 3.80. The van der Waals surface area contributed by atoms with Crippen molar-refractivity contribution in [3.05, 3.63) is 0 Å². The molecule has 0 aromatic rings. The van der Waals surface area contributed by atoms with Crippen LogP contribution in [0, 0.1) is 0 Å². The summed E-state index contributed by atoms with van der Waals surface area (Å²) in [5.41, 5.74) is 8.32. The molecule has 1 fully saturated rings. The molecule has 46 valence electrons. The lowest BCUT2D eigenvalue weighted by Crippen LogP contribution is -2.40. The van der Waals surface area contributed by atoms with Crippen LogP contribution in [-0.2, 0) is 0 Å². The third-order valence-electron chi connectivity index (χ3n) is 1.13. The van der Waals surface area contributed by atoms with Gasteiger partial charge in [-0.1, -0.05) is 0 Å². The van der Waals surface area contributed by atoms with Gasteiger partial charge < -0.3 is 5.73 Å². The minimum atomic E-state index is 0.447. The van der Waals surface area contributed by atoms with Crippen molar-refractivity contribution in [2.45, 2.75) is 6.42 Å². The van der Waals surface area contributed by atoms with E-state index in [-0.39, 0.29) is 0 Å². The molecule has 3 N–H and O–H groups in total. The molecule has 0 unspecified atom stereocenters. The van der Waals surface area contributed by atoms with Crippen LogP contribution in [0.3, 0.4) is 0 Å². The number of nitrogens with two attached hydrogens (primary N) is 1. The summed E-state index contributed by atoms with van der Waals surface area (Å²) >= 11 is 4.70. The molecule has 0 aromatic heterocycles. The zero-order chi connectivity index (χ0) is 5.98. The van der Waals surface area contributed by atoms with Gasteiger partial charge in [0.1, 0.15) is 0 Å². The summed E-state index contributed by atoms with van der Waals surface area (Å²) in [5, 5.41) is 2.23. The van der Waals surface area contributed by atoms with E-state index in [0.29, 0.717) is 5.11 Å². The first-order valence-electron chi connectivity index (χ1n) is 2.61. The highest BCUT2D eigenvalue weighted by Gasteiger charge is 2.09. The van der Waals surface area contributed by atoms with E-state index in [1.165, 1.54) is 0 Å². The quantitative estimate of drug-likeness (QED) is 0.432. The highest BCUT2D eigenvalue weighted by molar-refractivity contribution is 7.80. The summed E-state index contributed by atoms with van der Waals surface area (Å²) in [6.45, 7) is 1.95. The Morgan fingerprint density at radius 2 is 2.50 bits per heavy atom. The fourth-order valence-corrected chi connectivity index (χ4v) is 0.874. The van der Waals surface area contributed by atoms with Crippen LogP contribution in [-0.4, -0.2) is 23.2 Å². The van der Waals surface area contributed by atoms with Gasteiger partial charge in [-0.05, 0) is 18.6 Å². The molecule has 8 heavy (non-hydrogen) atoms. The summed E-state index contributed by atoms with van der Waals surface area (Å²) in [6, 6.07) is 0. The minimum absolute atomic E-state index is 0.447. The first-order valence-corrected chi connectivity index (χ1v) is 3.02. The lowest BCUT2D eigenvalue weighted by atomic mass is 10.5. The van der Waals surface area contributed by atoms with Gasteiger partial charge in [-0.2, -0.15) is 0 Å². The van der Waals surface area contributed by atoms with Crippen LogP contribution in [0.1, 0.15) is 6.42 Å². The molecule has 0 aromatic carbocycles. The molecule has 1 aliphatic rings. The Bertz CT molecular complexity index is 97.5. The van der Waals surface area contributed by atoms with Crippen molar-refractivity contribution in [2.75, 3.05) is 13.1 Å². The zero-order valence-corrected chi connectivity index (χ0v) is 5.37. The predicted molar refractivity (Wildman–Crippen MR) is 36.1 cm³/mol. The molecule has 4 heteroatoms. The molecule has 1 heterocycles. The Morgan fingerprint density at radius 3 is 2.75 bits per heavy atom. The average Bonchev–Trinajstić information content (AvgIpc) is 2.12. The number of nitrogens with one attached hydrogen (secondary N) is 1. The fourth-order valence-electron chi connectivity index (χ4n) is 0.718. The van der Waals surface area contributed by atoms with Crippen molar-refractivity contribution in [1.29, 1.82) is 0 Å². The van der Waals surface area contributed by atoms with E-state index in [1.54, 1.807) is 5.01 Å². The van der Waals surface area contributed by atoms with E-state index in [9.17, 15) is 0 Å². The van der Waals surface area contributed by atoms with Gasteiger partial charge >= 0.3 is 0 Å². The third-order valence-corrected chi connectivity index (χ3v) is 1.35. The van der Waals surface area contributed by atoms with E-state index >= 15 is 0 Å². The number of rotatable bonds is 0. The van der Waals surface area contributed by atoms with Crippen molar-refractivity contribution in [2.24, 2.45) is 5.73 Å². The monoisotopic (exact) mass is 131 g/mol. The van der Waals surface area contributed by atoms with Crippen LogP contribution in [0.25, 0.3) is 0 Å². The predicted octanol–water partition coefficient (Wildman–Crippen LogP) is -0.560. The summed E-state index contributed by atoms with van der Waals surface area (Å²) in [6.07, 6.45) is 1.14. The van der Waals surface area contributed by atoms with E-state index in [4.69, 9.17) is 18.0 Å². The van der Waals surface area contributed by atoms with Gasteiger partial charge in [0, 0.05) is 13.1 Å². The second-order valence-corrected chi connectivity index (χ2v) is 2.17. The number of hydrogen-bond acceptors (Lipinski definition) is 2. The maximum absolute atomic E-state index is 5.29. The highest BCUT2D eigenvalue weighted by Crippen LogP contribution is 1.93. The molecule has 0 radical (unpaired) electrons. The van der Waals surface area contributed by atoms with Gasteiger partial charge in [-0.3, -0.25) is 5.01 Å².